The van der Waals surface area contributed by atoms with Gasteiger partial charge in [-0.1, -0.05) is 41.5 Å². The highest BCUT2D eigenvalue weighted by atomic mass is 31.2. The lowest BCUT2D eigenvalue weighted by atomic mass is 10.2. The molecule has 104 valence electrons. The van der Waals surface area contributed by atoms with Crippen molar-refractivity contribution in [1.29, 1.82) is 0 Å². The zero-order chi connectivity index (χ0) is 14.2. The van der Waals surface area contributed by atoms with E-state index in [2.05, 4.69) is 73.9 Å². The Morgan fingerprint density at radius 1 is 0.765 bits per heavy atom. The van der Waals surface area contributed by atoms with E-state index >= 15 is 0 Å². The zero-order valence-corrected chi connectivity index (χ0v) is 14.4. The van der Waals surface area contributed by atoms with Gasteiger partial charge in [0.15, 0.2) is 7.29 Å². The minimum atomic E-state index is -2.48. The predicted molar refractivity (Wildman–Crippen MR) is 79.2 cm³/mol. The van der Waals surface area contributed by atoms with Crippen molar-refractivity contribution in [2.75, 3.05) is 0 Å². The van der Waals surface area contributed by atoms with Gasteiger partial charge in [0.25, 0.3) is 0 Å². The first-order valence-corrected chi connectivity index (χ1v) is 8.32. The van der Waals surface area contributed by atoms with E-state index in [9.17, 15) is 4.57 Å². The first-order valence-electron chi connectivity index (χ1n) is 6.66. The van der Waals surface area contributed by atoms with Crippen LogP contribution in [0.4, 0.5) is 0 Å². The number of rotatable bonds is 3. The Bertz CT molecular complexity index is 268. The van der Waals surface area contributed by atoms with Crippen molar-refractivity contribution in [3.63, 3.8) is 0 Å². The molecule has 0 aromatic heterocycles. The summed E-state index contributed by atoms with van der Waals surface area (Å²) in [6.07, 6.45) is 0. The van der Waals surface area contributed by atoms with Crippen LogP contribution >= 0.6 is 7.29 Å². The Balaban J connectivity index is 5.89. The Hall–Kier alpha value is 0.190. The second-order valence-electron chi connectivity index (χ2n) is 7.49. The van der Waals surface area contributed by atoms with Gasteiger partial charge in [-0.05, 0) is 27.7 Å². The van der Waals surface area contributed by atoms with E-state index in [1.807, 2.05) is 0 Å². The molecule has 0 atom stereocenters. The molecule has 0 saturated carbocycles. The van der Waals surface area contributed by atoms with Crippen LogP contribution in [0.2, 0.25) is 0 Å². The highest BCUT2D eigenvalue weighted by Crippen LogP contribution is 2.70. The van der Waals surface area contributed by atoms with Crippen LogP contribution in [0.1, 0.15) is 69.2 Å². The van der Waals surface area contributed by atoms with E-state index in [1.54, 1.807) is 0 Å². The summed E-state index contributed by atoms with van der Waals surface area (Å²) < 4.78 is 16.0. The van der Waals surface area contributed by atoms with E-state index < -0.39 is 7.29 Å². The average molecular weight is 261 g/mol. The molecule has 0 rings (SSSR count). The van der Waals surface area contributed by atoms with E-state index in [-0.39, 0.29) is 10.3 Å². The molecule has 17 heavy (non-hydrogen) atoms. The van der Waals surface area contributed by atoms with Crippen LogP contribution in [0.15, 0.2) is 0 Å². The monoisotopic (exact) mass is 261 g/mol. The molecule has 0 aliphatic heterocycles. The Morgan fingerprint density at radius 3 is 1.06 bits per heavy atom. The molecule has 0 unspecified atom stereocenters. The van der Waals surface area contributed by atoms with Crippen LogP contribution < -0.4 is 0 Å². The number of nitrogens with zero attached hydrogens (tertiary/aromatic N) is 1. The third-order valence-corrected chi connectivity index (χ3v) is 8.41. The maximum absolute atomic E-state index is 13.8. The smallest absolute Gasteiger partial charge is 0.161 e. The molecule has 0 aliphatic rings. The van der Waals surface area contributed by atoms with Crippen molar-refractivity contribution in [2.45, 2.75) is 91.6 Å². The van der Waals surface area contributed by atoms with E-state index in [0.717, 1.165) is 0 Å². The quantitative estimate of drug-likeness (QED) is 0.668. The van der Waals surface area contributed by atoms with Gasteiger partial charge < -0.3 is 4.57 Å². The molecule has 0 saturated heterocycles. The highest BCUT2D eigenvalue weighted by Gasteiger charge is 2.51. The average Bonchev–Trinajstić information content (AvgIpc) is 1.97. The van der Waals surface area contributed by atoms with Gasteiger partial charge in [0, 0.05) is 22.4 Å². The maximum Gasteiger partial charge on any atom is 0.161 e. The summed E-state index contributed by atoms with van der Waals surface area (Å²) in [5.74, 6) is 0. The van der Waals surface area contributed by atoms with Crippen LogP contribution in [-0.4, -0.2) is 27.1 Å². The fourth-order valence-electron chi connectivity index (χ4n) is 2.95. The van der Waals surface area contributed by atoms with Crippen LogP contribution in [0.25, 0.3) is 0 Å². The van der Waals surface area contributed by atoms with Gasteiger partial charge in [-0.3, -0.25) is 0 Å². The molecule has 0 aromatic carbocycles. The highest BCUT2D eigenvalue weighted by molar-refractivity contribution is 7.64. The maximum atomic E-state index is 13.8. The fourth-order valence-corrected chi connectivity index (χ4v) is 7.64. The third-order valence-electron chi connectivity index (χ3n) is 3.20. The van der Waals surface area contributed by atoms with Crippen molar-refractivity contribution in [2.24, 2.45) is 0 Å². The first-order chi connectivity index (χ1) is 7.26. The summed E-state index contributed by atoms with van der Waals surface area (Å²) in [6, 6.07) is 0.610. The zero-order valence-electron chi connectivity index (χ0n) is 13.5. The summed E-state index contributed by atoms with van der Waals surface area (Å²) >= 11 is 0. The lowest BCUT2D eigenvalue weighted by Crippen LogP contribution is -2.45. The van der Waals surface area contributed by atoms with Crippen LogP contribution in [0, 0.1) is 0 Å². The summed E-state index contributed by atoms with van der Waals surface area (Å²) in [7, 11) is -2.48. The topological polar surface area (TPSA) is 20.3 Å². The van der Waals surface area contributed by atoms with Crippen LogP contribution in [-0.2, 0) is 4.57 Å². The minimum absolute atomic E-state index is 0.195. The van der Waals surface area contributed by atoms with E-state index in [1.165, 1.54) is 0 Å². The van der Waals surface area contributed by atoms with Gasteiger partial charge in [-0.15, -0.1) is 0 Å². The molecule has 0 spiro atoms. The molecule has 0 N–H and O–H groups in total. The lowest BCUT2D eigenvalue weighted by Gasteiger charge is -2.51. The standard InChI is InChI=1S/C14H32NOP/c1-11(2)15(12(3)4)17(16,13(5,6)7)14(8,9)10/h11-12H,1-10H3. The molecule has 0 amide bonds. The molecular weight excluding hydrogens is 229 g/mol. The first kappa shape index (κ1) is 17.2. The fraction of sp³-hybridized carbons (Fsp3) is 1.00. The summed E-state index contributed by atoms with van der Waals surface area (Å²) in [5.41, 5.74) is 0. The lowest BCUT2D eigenvalue weighted by molar-refractivity contribution is 0.278. The molecule has 2 nitrogen and oxygen atoms in total. The van der Waals surface area contributed by atoms with Crippen molar-refractivity contribution < 1.29 is 4.57 Å². The van der Waals surface area contributed by atoms with E-state index in [0.29, 0.717) is 12.1 Å². The van der Waals surface area contributed by atoms with Crippen molar-refractivity contribution in [3.05, 3.63) is 0 Å². The van der Waals surface area contributed by atoms with Crippen molar-refractivity contribution in [3.8, 4) is 0 Å². The predicted octanol–water partition coefficient (Wildman–Crippen LogP) is 4.98. The number of hydrogen-bond donors (Lipinski definition) is 0. The normalized spacial score (nSPS) is 15.1. The van der Waals surface area contributed by atoms with Crippen molar-refractivity contribution in [1.82, 2.24) is 4.67 Å². The van der Waals surface area contributed by atoms with Gasteiger partial charge in [0.05, 0.1) is 0 Å². The third kappa shape index (κ3) is 3.15. The Morgan fingerprint density at radius 2 is 1.00 bits per heavy atom. The minimum Gasteiger partial charge on any atom is -0.305 e. The van der Waals surface area contributed by atoms with E-state index in [4.69, 9.17) is 0 Å². The second kappa shape index (κ2) is 5.05. The Labute approximate surface area is 109 Å². The van der Waals surface area contributed by atoms with Gasteiger partial charge in [0.2, 0.25) is 0 Å². The van der Waals surface area contributed by atoms with Gasteiger partial charge in [-0.2, -0.15) is 0 Å². The molecular formula is C14H32NOP. The molecule has 0 aromatic rings. The van der Waals surface area contributed by atoms with Gasteiger partial charge in [0.1, 0.15) is 0 Å². The largest absolute Gasteiger partial charge is 0.305 e. The van der Waals surface area contributed by atoms with Crippen molar-refractivity contribution >= 4 is 7.29 Å². The summed E-state index contributed by atoms with van der Waals surface area (Å²) in [6.45, 7) is 21.2. The molecule has 0 radical (unpaired) electrons. The van der Waals surface area contributed by atoms with Gasteiger partial charge >= 0.3 is 0 Å². The SMILES string of the molecule is CC(C)N(C(C)C)P(=O)(C(C)(C)C)C(C)(C)C. The molecule has 0 aliphatic carbocycles. The molecule has 0 bridgehead atoms. The Kier molecular flexibility index (Phi) is 5.11. The number of hydrogen-bond acceptors (Lipinski definition) is 1. The molecule has 3 heteroatoms. The molecule has 0 heterocycles. The second-order valence-corrected chi connectivity index (χ2v) is 11.8. The molecule has 0 fully saturated rings. The summed E-state index contributed by atoms with van der Waals surface area (Å²) in [4.78, 5) is 0. The van der Waals surface area contributed by atoms with Crippen LogP contribution in [0.3, 0.4) is 0 Å². The van der Waals surface area contributed by atoms with Crippen LogP contribution in [0.5, 0.6) is 0 Å². The summed E-state index contributed by atoms with van der Waals surface area (Å²) in [5, 5.41) is -0.389. The van der Waals surface area contributed by atoms with Gasteiger partial charge in [-0.25, -0.2) is 4.67 Å².